The average Bonchev–Trinajstić information content (AvgIpc) is 2.66. The highest BCUT2D eigenvalue weighted by Crippen LogP contribution is 2.35. The number of carbonyl (C=O) groups is 1. The van der Waals surface area contributed by atoms with E-state index in [9.17, 15) is 13.2 Å². The molecule has 0 saturated carbocycles. The van der Waals surface area contributed by atoms with Gasteiger partial charge in [-0.15, -0.1) is 0 Å². The number of nitrogens with zero attached hydrogens (tertiary/aromatic N) is 2. The van der Waals surface area contributed by atoms with E-state index in [-0.39, 0.29) is 27.4 Å². The molecular formula is C20H23ClN2O3S. The molecule has 2 aromatic carbocycles. The first-order valence-electron chi connectivity index (χ1n) is 8.80. The molecule has 0 spiro atoms. The maximum atomic E-state index is 13.2. The molecule has 0 N–H and O–H groups in total. The summed E-state index contributed by atoms with van der Waals surface area (Å²) in [6.45, 7) is 0. The lowest BCUT2D eigenvalue weighted by molar-refractivity contribution is 0.0715. The summed E-state index contributed by atoms with van der Waals surface area (Å²) >= 11 is 6.25. The molecule has 0 radical (unpaired) electrons. The largest absolute Gasteiger partial charge is 0.335 e. The first-order chi connectivity index (χ1) is 12.7. The summed E-state index contributed by atoms with van der Waals surface area (Å²) in [4.78, 5) is 14.9. The molecule has 0 heterocycles. The fourth-order valence-corrected chi connectivity index (χ4v) is 4.63. The molecule has 5 nitrogen and oxygen atoms in total. The number of rotatable bonds is 4. The van der Waals surface area contributed by atoms with Gasteiger partial charge in [-0.1, -0.05) is 35.9 Å². The number of fused-ring (bicyclic) bond motifs is 1. The van der Waals surface area contributed by atoms with E-state index in [0.29, 0.717) is 0 Å². The van der Waals surface area contributed by atoms with Crippen molar-refractivity contribution >= 4 is 27.5 Å². The molecule has 1 aliphatic rings. The second-order valence-electron chi connectivity index (χ2n) is 6.95. The molecule has 2 aromatic rings. The van der Waals surface area contributed by atoms with E-state index in [1.807, 2.05) is 12.1 Å². The summed E-state index contributed by atoms with van der Waals surface area (Å²) < 4.78 is 25.9. The van der Waals surface area contributed by atoms with Crippen molar-refractivity contribution < 1.29 is 13.2 Å². The SMILES string of the molecule is CN(C(=O)c1cc(S(=O)(=O)N(C)C)ccc1Cl)[C@@H]1CCCc2ccccc21. The van der Waals surface area contributed by atoms with Gasteiger partial charge >= 0.3 is 0 Å². The van der Waals surface area contributed by atoms with Crippen molar-refractivity contribution in [1.82, 2.24) is 9.21 Å². The fourth-order valence-electron chi connectivity index (χ4n) is 3.50. The molecule has 1 atom stereocenters. The molecular weight excluding hydrogens is 384 g/mol. The standard InChI is InChI=1S/C20H23ClN2O3S/c1-22(2)27(25,26)15-11-12-18(21)17(13-15)20(24)23(3)19-10-6-8-14-7-4-5-9-16(14)19/h4-5,7,9,11-13,19H,6,8,10H2,1-3H3/t19-/m1/s1. The van der Waals surface area contributed by atoms with Crippen molar-refractivity contribution in [3.63, 3.8) is 0 Å². The normalized spacial score (nSPS) is 16.9. The van der Waals surface area contributed by atoms with Crippen LogP contribution in [0.15, 0.2) is 47.4 Å². The minimum Gasteiger partial charge on any atom is -0.335 e. The molecule has 3 rings (SSSR count). The topological polar surface area (TPSA) is 57.7 Å². The van der Waals surface area contributed by atoms with Gasteiger partial charge in [0.05, 0.1) is 21.5 Å². The fraction of sp³-hybridized carbons (Fsp3) is 0.350. The van der Waals surface area contributed by atoms with E-state index in [4.69, 9.17) is 11.6 Å². The van der Waals surface area contributed by atoms with E-state index in [2.05, 4.69) is 12.1 Å². The van der Waals surface area contributed by atoms with E-state index < -0.39 is 10.0 Å². The zero-order valence-corrected chi connectivity index (χ0v) is 17.2. The Morgan fingerprint density at radius 1 is 1.11 bits per heavy atom. The van der Waals surface area contributed by atoms with Gasteiger partial charge in [0.15, 0.2) is 0 Å². The molecule has 0 unspecified atom stereocenters. The summed E-state index contributed by atoms with van der Waals surface area (Å²) in [5, 5.41) is 0.244. The third kappa shape index (κ3) is 3.74. The van der Waals surface area contributed by atoms with E-state index in [0.717, 1.165) is 29.1 Å². The molecule has 27 heavy (non-hydrogen) atoms. The number of halogens is 1. The number of amides is 1. The second kappa shape index (κ2) is 7.62. The molecule has 0 aliphatic heterocycles. The Balaban J connectivity index is 1.97. The Bertz CT molecular complexity index is 973. The lowest BCUT2D eigenvalue weighted by Crippen LogP contribution is -2.33. The summed E-state index contributed by atoms with van der Waals surface area (Å²) in [5.41, 5.74) is 2.60. The van der Waals surface area contributed by atoms with Crippen LogP contribution in [0.1, 0.15) is 40.4 Å². The smallest absolute Gasteiger partial charge is 0.255 e. The molecule has 7 heteroatoms. The molecule has 1 amide bonds. The van der Waals surface area contributed by atoms with Crippen LogP contribution in [0, 0.1) is 0 Å². The van der Waals surface area contributed by atoms with Crippen LogP contribution in [0.2, 0.25) is 5.02 Å². The maximum Gasteiger partial charge on any atom is 0.255 e. The Morgan fingerprint density at radius 2 is 1.81 bits per heavy atom. The minimum atomic E-state index is -3.64. The lowest BCUT2D eigenvalue weighted by Gasteiger charge is -2.33. The Hall–Kier alpha value is -1.89. The zero-order chi connectivity index (χ0) is 19.8. The number of carbonyl (C=O) groups excluding carboxylic acids is 1. The highest BCUT2D eigenvalue weighted by molar-refractivity contribution is 7.89. The van der Waals surface area contributed by atoms with Crippen LogP contribution < -0.4 is 0 Å². The van der Waals surface area contributed by atoms with E-state index in [1.54, 1.807) is 11.9 Å². The van der Waals surface area contributed by atoms with Crippen LogP contribution in [-0.4, -0.2) is 44.7 Å². The van der Waals surface area contributed by atoms with Gasteiger partial charge in [-0.05, 0) is 48.6 Å². The summed E-state index contributed by atoms with van der Waals surface area (Å²) in [7, 11) is 1.01. The van der Waals surface area contributed by atoms with Crippen molar-refractivity contribution in [2.45, 2.75) is 30.2 Å². The van der Waals surface area contributed by atoms with Crippen LogP contribution in [0.25, 0.3) is 0 Å². The molecule has 144 valence electrons. The lowest BCUT2D eigenvalue weighted by atomic mass is 9.87. The summed E-state index contributed by atoms with van der Waals surface area (Å²) in [5.74, 6) is -0.280. The van der Waals surface area contributed by atoms with Crippen molar-refractivity contribution in [1.29, 1.82) is 0 Å². The second-order valence-corrected chi connectivity index (χ2v) is 9.51. The van der Waals surface area contributed by atoms with Crippen LogP contribution >= 0.6 is 11.6 Å². The average molecular weight is 407 g/mol. The Labute approximate surface area is 165 Å². The van der Waals surface area contributed by atoms with Gasteiger partial charge in [0.25, 0.3) is 5.91 Å². The number of sulfonamides is 1. The first-order valence-corrected chi connectivity index (χ1v) is 10.6. The maximum absolute atomic E-state index is 13.2. The molecule has 0 bridgehead atoms. The number of aryl methyl sites for hydroxylation is 1. The number of hydrogen-bond donors (Lipinski definition) is 0. The molecule has 0 aromatic heterocycles. The summed E-state index contributed by atoms with van der Waals surface area (Å²) in [6.07, 6.45) is 2.88. The third-order valence-electron chi connectivity index (χ3n) is 5.07. The van der Waals surface area contributed by atoms with Crippen molar-refractivity contribution in [2.75, 3.05) is 21.1 Å². The molecule has 1 aliphatic carbocycles. The van der Waals surface area contributed by atoms with Gasteiger partial charge in [-0.25, -0.2) is 12.7 Å². The van der Waals surface area contributed by atoms with Crippen LogP contribution in [0.5, 0.6) is 0 Å². The Morgan fingerprint density at radius 3 is 2.52 bits per heavy atom. The van der Waals surface area contributed by atoms with Crippen molar-refractivity contribution in [3.05, 3.63) is 64.2 Å². The van der Waals surface area contributed by atoms with Crippen molar-refractivity contribution in [2.24, 2.45) is 0 Å². The monoisotopic (exact) mass is 406 g/mol. The van der Waals surface area contributed by atoms with Gasteiger partial charge in [0, 0.05) is 21.1 Å². The van der Waals surface area contributed by atoms with E-state index >= 15 is 0 Å². The number of benzene rings is 2. The van der Waals surface area contributed by atoms with Gasteiger partial charge in [0.1, 0.15) is 0 Å². The predicted molar refractivity (Wildman–Crippen MR) is 107 cm³/mol. The molecule has 0 fully saturated rings. The van der Waals surface area contributed by atoms with Gasteiger partial charge in [0.2, 0.25) is 10.0 Å². The zero-order valence-electron chi connectivity index (χ0n) is 15.6. The minimum absolute atomic E-state index is 0.0485. The van der Waals surface area contributed by atoms with Gasteiger partial charge in [-0.3, -0.25) is 4.79 Å². The highest BCUT2D eigenvalue weighted by Gasteiger charge is 2.29. The van der Waals surface area contributed by atoms with Crippen molar-refractivity contribution in [3.8, 4) is 0 Å². The first kappa shape index (κ1) is 19.9. The Kier molecular flexibility index (Phi) is 5.60. The number of hydrogen-bond acceptors (Lipinski definition) is 3. The van der Waals surface area contributed by atoms with Gasteiger partial charge < -0.3 is 4.90 Å². The third-order valence-corrected chi connectivity index (χ3v) is 7.21. The van der Waals surface area contributed by atoms with E-state index in [1.165, 1.54) is 37.9 Å². The van der Waals surface area contributed by atoms with Crippen LogP contribution in [0.3, 0.4) is 0 Å². The quantitative estimate of drug-likeness (QED) is 0.777. The summed E-state index contributed by atoms with van der Waals surface area (Å²) in [6, 6.07) is 12.3. The molecule has 0 saturated heterocycles. The van der Waals surface area contributed by atoms with Crippen LogP contribution in [-0.2, 0) is 16.4 Å². The predicted octanol–water partition coefficient (Wildman–Crippen LogP) is 3.74. The van der Waals surface area contributed by atoms with Crippen LogP contribution in [0.4, 0.5) is 0 Å². The van der Waals surface area contributed by atoms with Gasteiger partial charge in [-0.2, -0.15) is 0 Å². The highest BCUT2D eigenvalue weighted by atomic mass is 35.5.